The number of nitrogen functional groups attached to an aromatic ring is 1. The molecular weight excluding hydrogens is 301 g/mol. The van der Waals surface area contributed by atoms with Crippen LogP contribution in [-0.2, 0) is 4.74 Å². The molecule has 1 saturated heterocycles. The van der Waals surface area contributed by atoms with Gasteiger partial charge in [-0.15, -0.1) is 5.10 Å². The fourth-order valence-corrected chi connectivity index (χ4v) is 2.45. The highest BCUT2D eigenvalue weighted by Crippen LogP contribution is 2.18. The molecule has 1 fully saturated rings. The van der Waals surface area contributed by atoms with Crippen molar-refractivity contribution in [2.45, 2.75) is 25.9 Å². The van der Waals surface area contributed by atoms with E-state index in [1.165, 1.54) is 10.7 Å². The van der Waals surface area contributed by atoms with E-state index in [1.54, 1.807) is 19.1 Å². The summed E-state index contributed by atoms with van der Waals surface area (Å²) in [6.07, 6.45) is 1.95. The highest BCUT2D eigenvalue weighted by Gasteiger charge is 2.21. The molecule has 1 aromatic heterocycles. The van der Waals surface area contributed by atoms with E-state index in [9.17, 15) is 9.18 Å². The zero-order chi connectivity index (χ0) is 16.4. The van der Waals surface area contributed by atoms with Crippen LogP contribution in [0.25, 0.3) is 5.69 Å². The number of amides is 1. The lowest BCUT2D eigenvalue weighted by atomic mass is 10.2. The fraction of sp³-hybridized carbons (Fsp3) is 0.400. The van der Waals surface area contributed by atoms with E-state index in [4.69, 9.17) is 10.5 Å². The zero-order valence-corrected chi connectivity index (χ0v) is 12.8. The van der Waals surface area contributed by atoms with Crippen LogP contribution in [0.2, 0.25) is 0 Å². The van der Waals surface area contributed by atoms with Crippen molar-refractivity contribution in [2.75, 3.05) is 18.9 Å². The second-order valence-electron chi connectivity index (χ2n) is 5.51. The highest BCUT2D eigenvalue weighted by molar-refractivity contribution is 5.96. The monoisotopic (exact) mass is 319 g/mol. The van der Waals surface area contributed by atoms with E-state index in [1.807, 2.05) is 0 Å². The Morgan fingerprint density at radius 1 is 1.57 bits per heavy atom. The van der Waals surface area contributed by atoms with Crippen molar-refractivity contribution in [3.63, 3.8) is 0 Å². The van der Waals surface area contributed by atoms with Crippen molar-refractivity contribution < 1.29 is 13.9 Å². The Bertz CT molecular complexity index is 725. The molecule has 23 heavy (non-hydrogen) atoms. The number of halogens is 1. The molecule has 0 bridgehead atoms. The normalized spacial score (nSPS) is 17.4. The van der Waals surface area contributed by atoms with Crippen LogP contribution in [-0.4, -0.2) is 40.2 Å². The van der Waals surface area contributed by atoms with Crippen LogP contribution < -0.4 is 11.1 Å². The molecule has 122 valence electrons. The van der Waals surface area contributed by atoms with Crippen molar-refractivity contribution in [3.05, 3.63) is 35.3 Å². The van der Waals surface area contributed by atoms with Gasteiger partial charge in [-0.2, -0.15) is 4.68 Å². The molecule has 1 atom stereocenters. The number of anilines is 1. The first kappa shape index (κ1) is 15.4. The topological polar surface area (TPSA) is 95.1 Å². The number of carbonyl (C=O) groups is 1. The molecule has 8 heteroatoms. The minimum atomic E-state index is -0.420. The van der Waals surface area contributed by atoms with Gasteiger partial charge in [0.05, 0.1) is 11.8 Å². The van der Waals surface area contributed by atoms with Crippen molar-refractivity contribution in [1.82, 2.24) is 20.3 Å². The van der Waals surface area contributed by atoms with Gasteiger partial charge in [-0.05, 0) is 37.5 Å². The van der Waals surface area contributed by atoms with Gasteiger partial charge in [0.15, 0.2) is 11.5 Å². The molecule has 3 N–H and O–H groups in total. The van der Waals surface area contributed by atoms with Crippen molar-refractivity contribution in [2.24, 2.45) is 0 Å². The van der Waals surface area contributed by atoms with Gasteiger partial charge >= 0.3 is 0 Å². The van der Waals surface area contributed by atoms with E-state index >= 15 is 0 Å². The molecular formula is C15H18FN5O2. The summed E-state index contributed by atoms with van der Waals surface area (Å²) in [5, 5.41) is 10.4. The van der Waals surface area contributed by atoms with Crippen LogP contribution in [0.3, 0.4) is 0 Å². The number of aryl methyl sites for hydroxylation is 1. The number of ether oxygens (including phenoxy) is 1. The first-order valence-corrected chi connectivity index (χ1v) is 7.44. The Balaban J connectivity index is 1.75. The standard InChI is InChI=1S/C15H18FN5O2/c1-9-4-5-10(7-12(9)16)21-14(17)13(19-20-21)15(22)18-8-11-3-2-6-23-11/h4-5,7,11H,2-3,6,8,17H2,1H3,(H,18,22)/t11-/m0/s1. The lowest BCUT2D eigenvalue weighted by Gasteiger charge is -2.10. The molecule has 3 rings (SSSR count). The third-order valence-electron chi connectivity index (χ3n) is 3.83. The average Bonchev–Trinajstić information content (AvgIpc) is 3.17. The van der Waals surface area contributed by atoms with Crippen LogP contribution in [0.5, 0.6) is 0 Å². The summed E-state index contributed by atoms with van der Waals surface area (Å²) in [5.74, 6) is -0.725. The molecule has 0 saturated carbocycles. The molecule has 1 amide bonds. The van der Waals surface area contributed by atoms with Gasteiger partial charge in [0.2, 0.25) is 0 Å². The number of aromatic nitrogens is 3. The SMILES string of the molecule is Cc1ccc(-n2nnc(C(=O)NC[C@@H]3CCCO3)c2N)cc1F. The van der Waals surface area contributed by atoms with Gasteiger partial charge in [-0.3, -0.25) is 4.79 Å². The van der Waals surface area contributed by atoms with Crippen LogP contribution >= 0.6 is 0 Å². The first-order valence-electron chi connectivity index (χ1n) is 7.44. The molecule has 1 aliphatic heterocycles. The molecule has 0 aliphatic carbocycles. The number of nitrogens with zero attached hydrogens (tertiary/aromatic N) is 3. The zero-order valence-electron chi connectivity index (χ0n) is 12.8. The Kier molecular flexibility index (Phi) is 4.24. The quantitative estimate of drug-likeness (QED) is 0.883. The molecule has 1 aromatic carbocycles. The maximum Gasteiger partial charge on any atom is 0.275 e. The molecule has 2 aromatic rings. The number of benzene rings is 1. The summed E-state index contributed by atoms with van der Waals surface area (Å²) in [5.41, 5.74) is 6.88. The number of hydrogen-bond donors (Lipinski definition) is 2. The van der Waals surface area contributed by atoms with E-state index in [-0.39, 0.29) is 23.4 Å². The van der Waals surface area contributed by atoms with Gasteiger partial charge in [0, 0.05) is 13.2 Å². The number of carbonyl (C=O) groups excluding carboxylic acids is 1. The molecule has 0 unspecified atom stereocenters. The lowest BCUT2D eigenvalue weighted by molar-refractivity contribution is 0.0854. The van der Waals surface area contributed by atoms with Crippen LogP contribution in [0.1, 0.15) is 28.9 Å². The molecule has 7 nitrogen and oxygen atoms in total. The van der Waals surface area contributed by atoms with E-state index in [0.717, 1.165) is 19.4 Å². The Morgan fingerprint density at radius 2 is 2.39 bits per heavy atom. The second kappa shape index (κ2) is 6.33. The molecule has 0 radical (unpaired) electrons. The highest BCUT2D eigenvalue weighted by atomic mass is 19.1. The fourth-order valence-electron chi connectivity index (χ4n) is 2.45. The summed E-state index contributed by atoms with van der Waals surface area (Å²) in [7, 11) is 0. The van der Waals surface area contributed by atoms with Gasteiger partial charge in [0.1, 0.15) is 5.82 Å². The molecule has 0 spiro atoms. The van der Waals surface area contributed by atoms with Gasteiger partial charge in [0.25, 0.3) is 5.91 Å². The third-order valence-corrected chi connectivity index (χ3v) is 3.83. The third kappa shape index (κ3) is 3.16. The minimum Gasteiger partial charge on any atom is -0.382 e. The van der Waals surface area contributed by atoms with Crippen LogP contribution in [0, 0.1) is 12.7 Å². The Labute approximate surface area is 132 Å². The second-order valence-corrected chi connectivity index (χ2v) is 5.51. The smallest absolute Gasteiger partial charge is 0.275 e. The Morgan fingerprint density at radius 3 is 3.09 bits per heavy atom. The largest absolute Gasteiger partial charge is 0.382 e. The number of hydrogen-bond acceptors (Lipinski definition) is 5. The molecule has 2 heterocycles. The lowest BCUT2D eigenvalue weighted by Crippen LogP contribution is -2.32. The average molecular weight is 319 g/mol. The number of nitrogens with one attached hydrogen (secondary N) is 1. The van der Waals surface area contributed by atoms with Crippen LogP contribution in [0.4, 0.5) is 10.2 Å². The van der Waals surface area contributed by atoms with E-state index < -0.39 is 5.91 Å². The maximum absolute atomic E-state index is 13.7. The maximum atomic E-state index is 13.7. The summed E-state index contributed by atoms with van der Waals surface area (Å²) < 4.78 is 20.3. The van der Waals surface area contributed by atoms with Gasteiger partial charge in [-0.25, -0.2) is 4.39 Å². The van der Waals surface area contributed by atoms with Crippen molar-refractivity contribution in [3.8, 4) is 5.69 Å². The first-order chi connectivity index (χ1) is 11.1. The van der Waals surface area contributed by atoms with Gasteiger partial charge in [-0.1, -0.05) is 11.3 Å². The van der Waals surface area contributed by atoms with Crippen molar-refractivity contribution >= 4 is 11.7 Å². The van der Waals surface area contributed by atoms with Crippen molar-refractivity contribution in [1.29, 1.82) is 0 Å². The Hall–Kier alpha value is -2.48. The minimum absolute atomic E-state index is 0.0176. The predicted octanol–water partition coefficient (Wildman–Crippen LogP) is 1.21. The number of rotatable bonds is 4. The summed E-state index contributed by atoms with van der Waals surface area (Å²) in [4.78, 5) is 12.2. The predicted molar refractivity (Wildman–Crippen MR) is 81.8 cm³/mol. The van der Waals surface area contributed by atoms with E-state index in [2.05, 4.69) is 15.6 Å². The molecule has 1 aliphatic rings. The summed E-state index contributed by atoms with van der Waals surface area (Å²) in [6.45, 7) is 2.79. The number of nitrogens with two attached hydrogens (primary N) is 1. The van der Waals surface area contributed by atoms with Crippen LogP contribution in [0.15, 0.2) is 18.2 Å². The van der Waals surface area contributed by atoms with Gasteiger partial charge < -0.3 is 15.8 Å². The summed E-state index contributed by atoms with van der Waals surface area (Å²) in [6, 6.07) is 4.58. The van der Waals surface area contributed by atoms with E-state index in [0.29, 0.717) is 17.8 Å². The summed E-state index contributed by atoms with van der Waals surface area (Å²) >= 11 is 0.